The van der Waals surface area contributed by atoms with Crippen molar-refractivity contribution in [3.05, 3.63) is 58.6 Å². The van der Waals surface area contributed by atoms with Crippen molar-refractivity contribution >= 4 is 23.4 Å². The highest BCUT2D eigenvalue weighted by Crippen LogP contribution is 2.40. The first kappa shape index (κ1) is 23.9. The zero-order chi connectivity index (χ0) is 23.1. The van der Waals surface area contributed by atoms with Crippen LogP contribution in [0.5, 0.6) is 11.5 Å². The van der Waals surface area contributed by atoms with Crippen LogP contribution in [0.3, 0.4) is 0 Å². The molecule has 1 saturated heterocycles. The Labute approximate surface area is 193 Å². The predicted octanol–water partition coefficient (Wildman–Crippen LogP) is 3.37. The lowest BCUT2D eigenvalue weighted by atomic mass is 9.87. The third-order valence-corrected chi connectivity index (χ3v) is 6.04. The van der Waals surface area contributed by atoms with E-state index < -0.39 is 5.92 Å². The van der Waals surface area contributed by atoms with Crippen LogP contribution in [0.4, 0.5) is 0 Å². The fourth-order valence-corrected chi connectivity index (χ4v) is 4.26. The number of ether oxygens (including phenoxy) is 3. The Morgan fingerprint density at radius 2 is 1.88 bits per heavy atom. The minimum Gasteiger partial charge on any atom is -0.497 e. The molecule has 1 heterocycles. The van der Waals surface area contributed by atoms with E-state index in [1.54, 1.807) is 56.6 Å². The molecule has 0 radical (unpaired) electrons. The molecule has 2 aromatic carbocycles. The molecule has 2 aromatic rings. The molecule has 0 aliphatic carbocycles. The molecule has 1 fully saturated rings. The smallest absolute Gasteiger partial charge is 0.255 e. The highest BCUT2D eigenvalue weighted by molar-refractivity contribution is 6.33. The van der Waals surface area contributed by atoms with Gasteiger partial charge in [-0.25, -0.2) is 0 Å². The summed E-state index contributed by atoms with van der Waals surface area (Å²) in [5.41, 5.74) is 1.29. The maximum atomic E-state index is 13.2. The SMILES string of the molecule is COCCCNC(=O)C1CN(C(=O)c2ccccc2Cl)CC1c1ccc(OC)cc1OC. The highest BCUT2D eigenvalue weighted by atomic mass is 35.5. The van der Waals surface area contributed by atoms with Crippen LogP contribution >= 0.6 is 11.6 Å². The number of amides is 2. The van der Waals surface area contributed by atoms with E-state index in [-0.39, 0.29) is 17.7 Å². The Hall–Kier alpha value is -2.77. The maximum absolute atomic E-state index is 13.2. The van der Waals surface area contributed by atoms with Crippen molar-refractivity contribution in [1.29, 1.82) is 0 Å². The molecule has 0 aromatic heterocycles. The Morgan fingerprint density at radius 1 is 1.09 bits per heavy atom. The Kier molecular flexibility index (Phi) is 8.36. The van der Waals surface area contributed by atoms with Gasteiger partial charge in [0.15, 0.2) is 0 Å². The number of hydrogen-bond acceptors (Lipinski definition) is 5. The van der Waals surface area contributed by atoms with Gasteiger partial charge in [0.25, 0.3) is 5.91 Å². The van der Waals surface area contributed by atoms with Crippen molar-refractivity contribution < 1.29 is 23.8 Å². The molecule has 0 spiro atoms. The Balaban J connectivity index is 1.88. The second-order valence-corrected chi connectivity index (χ2v) is 8.06. The lowest BCUT2D eigenvalue weighted by Gasteiger charge is -2.21. The van der Waals surface area contributed by atoms with Crippen molar-refractivity contribution in [2.75, 3.05) is 47.6 Å². The molecule has 1 aliphatic rings. The van der Waals surface area contributed by atoms with Gasteiger partial charge in [0.2, 0.25) is 5.91 Å². The lowest BCUT2D eigenvalue weighted by molar-refractivity contribution is -0.124. The van der Waals surface area contributed by atoms with Crippen LogP contribution in [-0.2, 0) is 9.53 Å². The number of nitrogens with one attached hydrogen (secondary N) is 1. The normalized spacial score (nSPS) is 17.8. The van der Waals surface area contributed by atoms with E-state index in [0.717, 1.165) is 5.56 Å². The number of hydrogen-bond donors (Lipinski definition) is 1. The van der Waals surface area contributed by atoms with Crippen LogP contribution in [0, 0.1) is 5.92 Å². The molecule has 2 atom stereocenters. The van der Waals surface area contributed by atoms with Crippen molar-refractivity contribution in [3.8, 4) is 11.5 Å². The first-order chi connectivity index (χ1) is 15.5. The van der Waals surface area contributed by atoms with E-state index in [9.17, 15) is 9.59 Å². The number of nitrogens with zero attached hydrogens (tertiary/aromatic N) is 1. The quantitative estimate of drug-likeness (QED) is 0.580. The van der Waals surface area contributed by atoms with E-state index in [0.29, 0.717) is 54.7 Å². The van der Waals surface area contributed by atoms with Gasteiger partial charge in [-0.3, -0.25) is 9.59 Å². The van der Waals surface area contributed by atoms with Gasteiger partial charge >= 0.3 is 0 Å². The molecular formula is C24H29ClN2O5. The molecule has 2 unspecified atom stereocenters. The van der Waals surface area contributed by atoms with E-state index in [4.69, 9.17) is 25.8 Å². The summed E-state index contributed by atoms with van der Waals surface area (Å²) < 4.78 is 15.9. The van der Waals surface area contributed by atoms with E-state index in [1.807, 2.05) is 12.1 Å². The molecular weight excluding hydrogens is 432 g/mol. The monoisotopic (exact) mass is 460 g/mol. The van der Waals surface area contributed by atoms with Gasteiger partial charge in [0, 0.05) is 50.9 Å². The topological polar surface area (TPSA) is 77.1 Å². The van der Waals surface area contributed by atoms with E-state index in [2.05, 4.69) is 5.32 Å². The number of carbonyl (C=O) groups excluding carboxylic acids is 2. The first-order valence-corrected chi connectivity index (χ1v) is 10.9. The van der Waals surface area contributed by atoms with Gasteiger partial charge in [-0.15, -0.1) is 0 Å². The summed E-state index contributed by atoms with van der Waals surface area (Å²) in [4.78, 5) is 28.0. The highest BCUT2D eigenvalue weighted by Gasteiger charge is 2.42. The van der Waals surface area contributed by atoms with Crippen LogP contribution in [0.25, 0.3) is 0 Å². The van der Waals surface area contributed by atoms with Gasteiger partial charge in [0.1, 0.15) is 11.5 Å². The van der Waals surface area contributed by atoms with E-state index >= 15 is 0 Å². The number of benzene rings is 2. The minimum atomic E-state index is -0.425. The maximum Gasteiger partial charge on any atom is 0.255 e. The molecule has 2 amide bonds. The summed E-state index contributed by atoms with van der Waals surface area (Å²) in [7, 11) is 4.80. The van der Waals surface area contributed by atoms with Crippen molar-refractivity contribution in [3.63, 3.8) is 0 Å². The summed E-state index contributed by atoms with van der Waals surface area (Å²) >= 11 is 6.26. The molecule has 1 N–H and O–H groups in total. The van der Waals surface area contributed by atoms with Crippen LogP contribution in [0.15, 0.2) is 42.5 Å². The second kappa shape index (κ2) is 11.2. The van der Waals surface area contributed by atoms with E-state index in [1.165, 1.54) is 0 Å². The van der Waals surface area contributed by atoms with Crippen molar-refractivity contribution in [1.82, 2.24) is 10.2 Å². The number of carbonyl (C=O) groups is 2. The molecule has 3 rings (SSSR count). The summed E-state index contributed by atoms with van der Waals surface area (Å²) in [6, 6.07) is 12.5. The van der Waals surface area contributed by atoms with Gasteiger partial charge in [-0.1, -0.05) is 29.8 Å². The lowest BCUT2D eigenvalue weighted by Crippen LogP contribution is -2.36. The fourth-order valence-electron chi connectivity index (χ4n) is 4.04. The summed E-state index contributed by atoms with van der Waals surface area (Å²) in [6.07, 6.45) is 0.716. The van der Waals surface area contributed by atoms with Crippen LogP contribution in [0.2, 0.25) is 5.02 Å². The standard InChI is InChI=1S/C24H29ClN2O5/c1-30-12-6-11-26-23(28)20-15-27(24(29)18-7-4-5-8-21(18)25)14-19(20)17-10-9-16(31-2)13-22(17)32-3/h4-5,7-10,13,19-20H,6,11-12,14-15H2,1-3H3,(H,26,28). The molecule has 0 saturated carbocycles. The molecule has 32 heavy (non-hydrogen) atoms. The zero-order valence-electron chi connectivity index (χ0n) is 18.6. The average molecular weight is 461 g/mol. The van der Waals surface area contributed by atoms with Crippen LogP contribution in [-0.4, -0.2) is 64.3 Å². The number of halogens is 1. The molecule has 1 aliphatic heterocycles. The molecule has 172 valence electrons. The van der Waals surface area contributed by atoms with Gasteiger partial charge in [-0.05, 0) is 24.6 Å². The van der Waals surface area contributed by atoms with Gasteiger partial charge < -0.3 is 24.4 Å². The average Bonchev–Trinajstić information content (AvgIpc) is 3.26. The van der Waals surface area contributed by atoms with Crippen LogP contribution in [0.1, 0.15) is 28.3 Å². The Bertz CT molecular complexity index is 952. The number of likely N-dealkylation sites (tertiary alicyclic amines) is 1. The van der Waals surface area contributed by atoms with Gasteiger partial charge in [0.05, 0.1) is 30.7 Å². The number of methoxy groups -OCH3 is 3. The Morgan fingerprint density at radius 3 is 2.56 bits per heavy atom. The largest absolute Gasteiger partial charge is 0.497 e. The summed E-state index contributed by atoms with van der Waals surface area (Å²) in [6.45, 7) is 1.74. The van der Waals surface area contributed by atoms with Crippen molar-refractivity contribution in [2.45, 2.75) is 12.3 Å². The molecule has 8 heteroatoms. The summed E-state index contributed by atoms with van der Waals surface area (Å²) in [5, 5.41) is 3.37. The third-order valence-electron chi connectivity index (χ3n) is 5.71. The first-order valence-electron chi connectivity index (χ1n) is 10.5. The fraction of sp³-hybridized carbons (Fsp3) is 0.417. The minimum absolute atomic E-state index is 0.0987. The van der Waals surface area contributed by atoms with Crippen LogP contribution < -0.4 is 14.8 Å². The molecule has 0 bridgehead atoms. The predicted molar refractivity (Wildman–Crippen MR) is 123 cm³/mol. The van der Waals surface area contributed by atoms with Crippen molar-refractivity contribution in [2.24, 2.45) is 5.92 Å². The second-order valence-electron chi connectivity index (χ2n) is 7.65. The molecule has 7 nitrogen and oxygen atoms in total. The number of rotatable bonds is 9. The summed E-state index contributed by atoms with van der Waals surface area (Å²) in [5.74, 6) is 0.337. The van der Waals surface area contributed by atoms with Gasteiger partial charge in [-0.2, -0.15) is 0 Å². The zero-order valence-corrected chi connectivity index (χ0v) is 19.4. The third kappa shape index (κ3) is 5.34.